The fourth-order valence-corrected chi connectivity index (χ4v) is 1.47. The molecule has 0 atom stereocenters. The number of anilines is 1. The predicted octanol–water partition coefficient (Wildman–Crippen LogP) is 2.79. The summed E-state index contributed by atoms with van der Waals surface area (Å²) in [5.74, 6) is 0. The van der Waals surface area contributed by atoms with Gasteiger partial charge in [-0.2, -0.15) is 0 Å². The minimum Gasteiger partial charge on any atom is -0.380 e. The molecule has 0 saturated heterocycles. The van der Waals surface area contributed by atoms with Crippen LogP contribution in [0.25, 0.3) is 0 Å². The average molecular weight is 274 g/mol. The maximum atomic E-state index is 5.08. The zero-order valence-electron chi connectivity index (χ0n) is 9.21. The van der Waals surface area contributed by atoms with Gasteiger partial charge in [0.15, 0.2) is 6.29 Å². The van der Waals surface area contributed by atoms with E-state index in [0.29, 0.717) is 6.54 Å². The molecule has 0 aromatic heterocycles. The number of methoxy groups -OCH3 is 2. The Kier molecular flexibility index (Phi) is 5.08. The molecule has 0 spiro atoms. The van der Waals surface area contributed by atoms with Crippen LogP contribution in [0, 0.1) is 6.92 Å². The van der Waals surface area contributed by atoms with Gasteiger partial charge in [0.1, 0.15) is 0 Å². The molecule has 4 heteroatoms. The van der Waals surface area contributed by atoms with E-state index >= 15 is 0 Å². The van der Waals surface area contributed by atoms with Gasteiger partial charge in [0.25, 0.3) is 0 Å². The molecule has 84 valence electrons. The second-order valence-corrected chi connectivity index (χ2v) is 4.10. The lowest BCUT2D eigenvalue weighted by molar-refractivity contribution is -0.0914. The van der Waals surface area contributed by atoms with Gasteiger partial charge >= 0.3 is 0 Å². The van der Waals surface area contributed by atoms with Crippen LogP contribution < -0.4 is 5.32 Å². The van der Waals surface area contributed by atoms with E-state index in [9.17, 15) is 0 Å². The third-order valence-corrected chi connectivity index (χ3v) is 3.05. The van der Waals surface area contributed by atoms with Crippen LogP contribution in [0.15, 0.2) is 22.7 Å². The molecule has 0 bridgehead atoms. The predicted molar refractivity (Wildman–Crippen MR) is 65.2 cm³/mol. The van der Waals surface area contributed by atoms with Crippen LogP contribution in [0.5, 0.6) is 0 Å². The summed E-state index contributed by atoms with van der Waals surface area (Å²) in [6.07, 6.45) is -0.214. The van der Waals surface area contributed by atoms with Crippen LogP contribution in [-0.2, 0) is 9.47 Å². The summed E-state index contributed by atoms with van der Waals surface area (Å²) in [7, 11) is 3.26. The van der Waals surface area contributed by atoms with Crippen LogP contribution in [0.3, 0.4) is 0 Å². The summed E-state index contributed by atoms with van der Waals surface area (Å²) in [6.45, 7) is 2.69. The van der Waals surface area contributed by atoms with Crippen LogP contribution in [0.2, 0.25) is 0 Å². The lowest BCUT2D eigenvalue weighted by Crippen LogP contribution is -2.23. The summed E-state index contributed by atoms with van der Waals surface area (Å²) in [6, 6.07) is 6.11. The normalized spacial score (nSPS) is 10.7. The van der Waals surface area contributed by atoms with Gasteiger partial charge in [0, 0.05) is 24.4 Å². The molecule has 0 radical (unpaired) electrons. The molecular formula is C11H16BrNO2. The first-order valence-corrected chi connectivity index (χ1v) is 5.52. The van der Waals surface area contributed by atoms with E-state index in [2.05, 4.69) is 34.2 Å². The van der Waals surface area contributed by atoms with Gasteiger partial charge < -0.3 is 14.8 Å². The molecule has 0 fully saturated rings. The number of aryl methyl sites for hydroxylation is 1. The Bertz CT molecular complexity index is 313. The number of ether oxygens (including phenoxy) is 2. The van der Waals surface area contributed by atoms with Crippen molar-refractivity contribution in [2.75, 3.05) is 26.1 Å². The molecule has 1 rings (SSSR count). The van der Waals surface area contributed by atoms with Crippen molar-refractivity contribution in [3.8, 4) is 0 Å². The standard InChI is InChI=1S/C11H16BrNO2/c1-8-6-9(4-5-10(8)12)13-7-11(14-2)15-3/h4-6,11,13H,7H2,1-3H3. The summed E-state index contributed by atoms with van der Waals surface area (Å²) in [5.41, 5.74) is 2.26. The van der Waals surface area contributed by atoms with Crippen molar-refractivity contribution in [3.63, 3.8) is 0 Å². The van der Waals surface area contributed by atoms with Crippen molar-refractivity contribution in [1.82, 2.24) is 0 Å². The summed E-state index contributed by atoms with van der Waals surface area (Å²) in [5, 5.41) is 3.24. The SMILES string of the molecule is COC(CNc1ccc(Br)c(C)c1)OC. The Balaban J connectivity index is 2.54. The van der Waals surface area contributed by atoms with E-state index in [0.717, 1.165) is 10.2 Å². The van der Waals surface area contributed by atoms with E-state index in [1.807, 2.05) is 12.1 Å². The second kappa shape index (κ2) is 6.10. The molecule has 3 nitrogen and oxygen atoms in total. The van der Waals surface area contributed by atoms with Gasteiger partial charge in [0.2, 0.25) is 0 Å². The zero-order valence-corrected chi connectivity index (χ0v) is 10.8. The molecule has 0 amide bonds. The number of halogens is 1. The van der Waals surface area contributed by atoms with Crippen LogP contribution in [-0.4, -0.2) is 27.1 Å². The smallest absolute Gasteiger partial charge is 0.173 e. The van der Waals surface area contributed by atoms with Gasteiger partial charge in [-0.05, 0) is 30.7 Å². The van der Waals surface area contributed by atoms with Crippen molar-refractivity contribution >= 4 is 21.6 Å². The number of hydrogen-bond acceptors (Lipinski definition) is 3. The van der Waals surface area contributed by atoms with E-state index in [-0.39, 0.29) is 6.29 Å². The minimum atomic E-state index is -0.214. The van der Waals surface area contributed by atoms with Gasteiger partial charge in [0.05, 0.1) is 6.54 Å². The maximum Gasteiger partial charge on any atom is 0.173 e. The van der Waals surface area contributed by atoms with Gasteiger partial charge in [-0.1, -0.05) is 15.9 Å². The first kappa shape index (κ1) is 12.5. The van der Waals surface area contributed by atoms with Gasteiger partial charge in [-0.25, -0.2) is 0 Å². The van der Waals surface area contributed by atoms with Crippen molar-refractivity contribution in [3.05, 3.63) is 28.2 Å². The molecule has 0 saturated carbocycles. The Hall–Kier alpha value is -0.580. The van der Waals surface area contributed by atoms with E-state index in [4.69, 9.17) is 9.47 Å². The maximum absolute atomic E-state index is 5.08. The number of benzene rings is 1. The lowest BCUT2D eigenvalue weighted by atomic mass is 10.2. The summed E-state index contributed by atoms with van der Waals surface area (Å²) < 4.78 is 11.3. The van der Waals surface area contributed by atoms with E-state index in [1.54, 1.807) is 14.2 Å². The highest BCUT2D eigenvalue weighted by molar-refractivity contribution is 9.10. The molecule has 0 aliphatic heterocycles. The average Bonchev–Trinajstić information content (AvgIpc) is 2.24. The fourth-order valence-electron chi connectivity index (χ4n) is 1.22. The highest BCUT2D eigenvalue weighted by Gasteiger charge is 2.04. The second-order valence-electron chi connectivity index (χ2n) is 3.25. The number of nitrogens with one attached hydrogen (secondary N) is 1. The molecule has 0 heterocycles. The van der Waals surface area contributed by atoms with Crippen molar-refractivity contribution in [1.29, 1.82) is 0 Å². The molecule has 0 aliphatic carbocycles. The van der Waals surface area contributed by atoms with Gasteiger partial charge in [-0.3, -0.25) is 0 Å². The molecule has 0 aliphatic rings. The Morgan fingerprint density at radius 1 is 1.33 bits per heavy atom. The Morgan fingerprint density at radius 3 is 2.53 bits per heavy atom. The van der Waals surface area contributed by atoms with Crippen LogP contribution >= 0.6 is 15.9 Å². The largest absolute Gasteiger partial charge is 0.380 e. The first-order chi connectivity index (χ1) is 7.17. The zero-order chi connectivity index (χ0) is 11.3. The number of hydrogen-bond donors (Lipinski definition) is 1. The molecule has 1 aromatic carbocycles. The molecule has 1 N–H and O–H groups in total. The molecular weight excluding hydrogens is 258 g/mol. The highest BCUT2D eigenvalue weighted by atomic mass is 79.9. The highest BCUT2D eigenvalue weighted by Crippen LogP contribution is 2.19. The first-order valence-electron chi connectivity index (χ1n) is 4.73. The lowest BCUT2D eigenvalue weighted by Gasteiger charge is -2.15. The minimum absolute atomic E-state index is 0.214. The van der Waals surface area contributed by atoms with Crippen molar-refractivity contribution < 1.29 is 9.47 Å². The van der Waals surface area contributed by atoms with E-state index in [1.165, 1.54) is 5.56 Å². The summed E-state index contributed by atoms with van der Waals surface area (Å²) >= 11 is 3.46. The van der Waals surface area contributed by atoms with E-state index < -0.39 is 0 Å². The quantitative estimate of drug-likeness (QED) is 0.837. The monoisotopic (exact) mass is 273 g/mol. The third-order valence-electron chi connectivity index (χ3n) is 2.16. The van der Waals surface area contributed by atoms with Gasteiger partial charge in [-0.15, -0.1) is 0 Å². The van der Waals surface area contributed by atoms with Crippen LogP contribution in [0.1, 0.15) is 5.56 Å². The summed E-state index contributed by atoms with van der Waals surface area (Å²) in [4.78, 5) is 0. The molecule has 15 heavy (non-hydrogen) atoms. The Labute approximate surface area is 98.9 Å². The Morgan fingerprint density at radius 2 is 2.00 bits per heavy atom. The number of rotatable bonds is 5. The van der Waals surface area contributed by atoms with Crippen LogP contribution in [0.4, 0.5) is 5.69 Å². The fraction of sp³-hybridized carbons (Fsp3) is 0.455. The van der Waals surface area contributed by atoms with Crippen molar-refractivity contribution in [2.45, 2.75) is 13.2 Å². The third kappa shape index (κ3) is 3.81. The topological polar surface area (TPSA) is 30.5 Å². The molecule has 0 unspecified atom stereocenters. The molecule has 1 aromatic rings. The van der Waals surface area contributed by atoms with Crippen molar-refractivity contribution in [2.24, 2.45) is 0 Å².